The zero-order valence-electron chi connectivity index (χ0n) is 12.0. The number of carbonyl (C=O) groups is 3. The number of carboxylic acids is 2. The van der Waals surface area contributed by atoms with Gasteiger partial charge in [0.1, 0.15) is 6.04 Å². The molecule has 1 unspecified atom stereocenters. The second-order valence-corrected chi connectivity index (χ2v) is 4.63. The van der Waals surface area contributed by atoms with Gasteiger partial charge in [0.2, 0.25) is 0 Å². The molecule has 0 fully saturated rings. The molecule has 0 aromatic rings. The van der Waals surface area contributed by atoms with Crippen molar-refractivity contribution in [1.82, 2.24) is 15.5 Å². The van der Waals surface area contributed by atoms with Crippen molar-refractivity contribution in [1.29, 1.82) is 0 Å². The van der Waals surface area contributed by atoms with Crippen molar-refractivity contribution < 1.29 is 24.6 Å². The lowest BCUT2D eigenvalue weighted by Crippen LogP contribution is -2.48. The molecule has 20 heavy (non-hydrogen) atoms. The van der Waals surface area contributed by atoms with E-state index in [9.17, 15) is 14.4 Å². The Morgan fingerprint density at radius 1 is 1.25 bits per heavy atom. The van der Waals surface area contributed by atoms with Gasteiger partial charge < -0.3 is 25.7 Å². The largest absolute Gasteiger partial charge is 0.481 e. The van der Waals surface area contributed by atoms with Gasteiger partial charge in [0.25, 0.3) is 0 Å². The third-order valence-electron chi connectivity index (χ3n) is 3.08. The molecule has 0 aliphatic carbocycles. The van der Waals surface area contributed by atoms with Crippen LogP contribution in [0.4, 0.5) is 4.79 Å². The molecule has 0 aromatic heterocycles. The van der Waals surface area contributed by atoms with E-state index in [1.807, 2.05) is 7.05 Å². The minimum atomic E-state index is -1.43. The first-order valence-electron chi connectivity index (χ1n) is 6.47. The number of carboxylic acid groups (broad SMARTS) is 2. The van der Waals surface area contributed by atoms with Gasteiger partial charge in [-0.15, -0.1) is 0 Å². The molecule has 2 amide bonds. The smallest absolute Gasteiger partial charge is 0.326 e. The van der Waals surface area contributed by atoms with E-state index >= 15 is 0 Å². The predicted octanol–water partition coefficient (Wildman–Crippen LogP) is -0.0562. The maximum Gasteiger partial charge on any atom is 0.326 e. The molecular formula is C12H23N3O5. The lowest BCUT2D eigenvalue weighted by Gasteiger charge is -2.23. The van der Waals surface area contributed by atoms with Crippen molar-refractivity contribution in [2.75, 3.05) is 20.1 Å². The van der Waals surface area contributed by atoms with Crippen molar-refractivity contribution >= 4 is 18.0 Å². The Labute approximate surface area is 118 Å². The van der Waals surface area contributed by atoms with Gasteiger partial charge in [-0.05, 0) is 20.4 Å². The first-order valence-corrected chi connectivity index (χ1v) is 6.47. The van der Waals surface area contributed by atoms with Gasteiger partial charge in [0, 0.05) is 19.1 Å². The average molecular weight is 289 g/mol. The fourth-order valence-corrected chi connectivity index (χ4v) is 1.46. The Morgan fingerprint density at radius 2 is 1.85 bits per heavy atom. The van der Waals surface area contributed by atoms with Crippen LogP contribution in [0.2, 0.25) is 0 Å². The summed E-state index contributed by atoms with van der Waals surface area (Å²) in [4.78, 5) is 34.8. The molecule has 0 heterocycles. The molecular weight excluding hydrogens is 266 g/mol. The van der Waals surface area contributed by atoms with E-state index in [1.54, 1.807) is 0 Å². The Kier molecular flexibility index (Phi) is 8.30. The molecule has 2 atom stereocenters. The van der Waals surface area contributed by atoms with E-state index < -0.39 is 30.4 Å². The minimum absolute atomic E-state index is 0.353. The summed E-state index contributed by atoms with van der Waals surface area (Å²) in [5.74, 6) is -2.66. The SMILES string of the molecule is CCC(C)N(C)CCNC(=O)N[C@H](CC(=O)O)C(=O)O. The zero-order chi connectivity index (χ0) is 15.7. The lowest BCUT2D eigenvalue weighted by atomic mass is 10.2. The number of hydrogen-bond acceptors (Lipinski definition) is 4. The molecule has 0 saturated carbocycles. The van der Waals surface area contributed by atoms with E-state index in [-0.39, 0.29) is 0 Å². The monoisotopic (exact) mass is 289 g/mol. The van der Waals surface area contributed by atoms with Gasteiger partial charge in [-0.1, -0.05) is 6.92 Å². The van der Waals surface area contributed by atoms with E-state index in [1.165, 1.54) is 0 Å². The molecule has 0 radical (unpaired) electrons. The van der Waals surface area contributed by atoms with E-state index in [2.05, 4.69) is 29.4 Å². The molecule has 0 spiro atoms. The summed E-state index contributed by atoms with van der Waals surface area (Å²) in [5, 5.41) is 21.9. The number of carbonyl (C=O) groups excluding carboxylic acids is 1. The molecule has 4 N–H and O–H groups in total. The molecule has 0 aliphatic heterocycles. The van der Waals surface area contributed by atoms with Crippen LogP contribution in [0.15, 0.2) is 0 Å². The minimum Gasteiger partial charge on any atom is -0.481 e. The number of hydrogen-bond donors (Lipinski definition) is 4. The highest BCUT2D eigenvalue weighted by Gasteiger charge is 2.22. The molecule has 0 bridgehead atoms. The van der Waals surface area contributed by atoms with Crippen molar-refractivity contribution in [3.05, 3.63) is 0 Å². The van der Waals surface area contributed by atoms with Gasteiger partial charge >= 0.3 is 18.0 Å². The number of urea groups is 1. The lowest BCUT2D eigenvalue weighted by molar-refractivity contribution is -0.145. The Balaban J connectivity index is 4.08. The van der Waals surface area contributed by atoms with Gasteiger partial charge in [0.05, 0.1) is 6.42 Å². The molecule has 0 saturated heterocycles. The molecule has 0 aliphatic rings. The average Bonchev–Trinajstić information content (AvgIpc) is 2.36. The Morgan fingerprint density at radius 3 is 2.30 bits per heavy atom. The fourth-order valence-electron chi connectivity index (χ4n) is 1.46. The molecule has 8 nitrogen and oxygen atoms in total. The van der Waals surface area contributed by atoms with E-state index in [0.717, 1.165) is 6.42 Å². The van der Waals surface area contributed by atoms with Crippen LogP contribution in [-0.4, -0.2) is 65.3 Å². The van der Waals surface area contributed by atoms with Crippen LogP contribution in [0.25, 0.3) is 0 Å². The summed E-state index contributed by atoms with van der Waals surface area (Å²) >= 11 is 0. The number of likely N-dealkylation sites (N-methyl/N-ethyl adjacent to an activating group) is 1. The first kappa shape index (κ1) is 18.2. The number of aliphatic carboxylic acids is 2. The van der Waals surface area contributed by atoms with Crippen LogP contribution < -0.4 is 10.6 Å². The molecule has 8 heteroatoms. The Bertz CT molecular complexity index is 348. The fraction of sp³-hybridized carbons (Fsp3) is 0.750. The van der Waals surface area contributed by atoms with Crippen molar-refractivity contribution in [2.24, 2.45) is 0 Å². The number of rotatable bonds is 9. The third-order valence-corrected chi connectivity index (χ3v) is 3.08. The summed E-state index contributed by atoms with van der Waals surface area (Å²) in [6.07, 6.45) is 0.331. The van der Waals surface area contributed by atoms with Crippen LogP contribution in [0.5, 0.6) is 0 Å². The summed E-state index contributed by atoms with van der Waals surface area (Å²) < 4.78 is 0. The van der Waals surface area contributed by atoms with Crippen molar-refractivity contribution in [3.8, 4) is 0 Å². The van der Waals surface area contributed by atoms with Crippen LogP contribution >= 0.6 is 0 Å². The van der Waals surface area contributed by atoms with Gasteiger partial charge in [-0.3, -0.25) is 4.79 Å². The topological polar surface area (TPSA) is 119 Å². The molecule has 116 valence electrons. The van der Waals surface area contributed by atoms with Crippen LogP contribution in [0.3, 0.4) is 0 Å². The van der Waals surface area contributed by atoms with Crippen LogP contribution in [-0.2, 0) is 9.59 Å². The van der Waals surface area contributed by atoms with E-state index in [4.69, 9.17) is 10.2 Å². The highest BCUT2D eigenvalue weighted by Crippen LogP contribution is 1.98. The predicted molar refractivity (Wildman–Crippen MR) is 72.6 cm³/mol. The van der Waals surface area contributed by atoms with Gasteiger partial charge in [-0.25, -0.2) is 9.59 Å². The summed E-state index contributed by atoms with van der Waals surface area (Å²) in [5.41, 5.74) is 0. The number of nitrogens with one attached hydrogen (secondary N) is 2. The third kappa shape index (κ3) is 7.57. The van der Waals surface area contributed by atoms with Crippen LogP contribution in [0.1, 0.15) is 26.7 Å². The highest BCUT2D eigenvalue weighted by atomic mass is 16.4. The standard InChI is InChI=1S/C12H23N3O5/c1-4-8(2)15(3)6-5-13-12(20)14-9(11(18)19)7-10(16)17/h8-9H,4-7H2,1-3H3,(H,16,17)(H,18,19)(H2,13,14,20)/t8?,9-/m1/s1. The highest BCUT2D eigenvalue weighted by molar-refractivity contribution is 5.86. The van der Waals surface area contributed by atoms with Gasteiger partial charge in [-0.2, -0.15) is 0 Å². The summed E-state index contributed by atoms with van der Waals surface area (Å²) in [6, 6.07) is -1.73. The maximum absolute atomic E-state index is 11.5. The molecule has 0 rings (SSSR count). The quantitative estimate of drug-likeness (QED) is 0.472. The second kappa shape index (κ2) is 9.13. The van der Waals surface area contributed by atoms with Gasteiger partial charge in [0.15, 0.2) is 0 Å². The zero-order valence-corrected chi connectivity index (χ0v) is 12.0. The number of amides is 2. The normalized spacial score (nSPS) is 13.6. The van der Waals surface area contributed by atoms with Crippen molar-refractivity contribution in [2.45, 2.75) is 38.8 Å². The molecule has 0 aromatic carbocycles. The van der Waals surface area contributed by atoms with Crippen LogP contribution in [0, 0.1) is 0 Å². The van der Waals surface area contributed by atoms with E-state index in [0.29, 0.717) is 19.1 Å². The van der Waals surface area contributed by atoms with Crippen molar-refractivity contribution in [3.63, 3.8) is 0 Å². The summed E-state index contributed by atoms with van der Waals surface area (Å²) in [6.45, 7) is 5.10. The Hall–Kier alpha value is -1.83. The summed E-state index contributed by atoms with van der Waals surface area (Å²) in [7, 11) is 1.93. The second-order valence-electron chi connectivity index (χ2n) is 4.63. The maximum atomic E-state index is 11.5. The number of nitrogens with zero attached hydrogens (tertiary/aromatic N) is 1. The first-order chi connectivity index (χ1) is 9.27.